The number of aliphatic carboxylic acids is 1. The number of carboxylic acids is 1. The zero-order valence-electron chi connectivity index (χ0n) is 13.0. The van der Waals surface area contributed by atoms with E-state index < -0.39 is 43.0 Å². The van der Waals surface area contributed by atoms with Gasteiger partial charge < -0.3 is 15.7 Å². The first-order valence-corrected chi connectivity index (χ1v) is 6.93. The van der Waals surface area contributed by atoms with Crippen molar-refractivity contribution in [3.05, 3.63) is 34.9 Å². The summed E-state index contributed by atoms with van der Waals surface area (Å²) in [6.45, 7) is 1.89. The van der Waals surface area contributed by atoms with Gasteiger partial charge in [-0.05, 0) is 30.5 Å². The van der Waals surface area contributed by atoms with Crippen LogP contribution in [0.4, 0.5) is 13.2 Å². The molecule has 1 rings (SSSR count). The molecule has 1 atom stereocenters. The maximum absolute atomic E-state index is 12.0. The molecular formula is C15H17F3N2O4. The summed E-state index contributed by atoms with van der Waals surface area (Å²) in [6, 6.07) is 3.51. The van der Waals surface area contributed by atoms with Crippen LogP contribution < -0.4 is 10.6 Å². The van der Waals surface area contributed by atoms with Crippen molar-refractivity contribution in [2.24, 2.45) is 0 Å². The summed E-state index contributed by atoms with van der Waals surface area (Å²) >= 11 is 0. The third-order valence-electron chi connectivity index (χ3n) is 3.32. The van der Waals surface area contributed by atoms with Crippen LogP contribution in [0.5, 0.6) is 0 Å². The monoisotopic (exact) mass is 346 g/mol. The van der Waals surface area contributed by atoms with Gasteiger partial charge in [0, 0.05) is 0 Å². The Bertz CT molecular complexity index is 644. The number of benzene rings is 1. The summed E-state index contributed by atoms with van der Waals surface area (Å²) in [4.78, 5) is 34.4. The molecule has 0 heterocycles. The highest BCUT2D eigenvalue weighted by atomic mass is 19.4. The molecule has 0 radical (unpaired) electrons. The molecule has 1 unspecified atom stereocenters. The van der Waals surface area contributed by atoms with Crippen LogP contribution in [-0.2, 0) is 14.4 Å². The van der Waals surface area contributed by atoms with Crippen LogP contribution in [0.1, 0.15) is 29.2 Å². The summed E-state index contributed by atoms with van der Waals surface area (Å²) in [7, 11) is 0. The van der Waals surface area contributed by atoms with E-state index in [2.05, 4.69) is 5.32 Å². The van der Waals surface area contributed by atoms with Gasteiger partial charge in [0.2, 0.25) is 11.8 Å². The second kappa shape index (κ2) is 7.80. The Morgan fingerprint density at radius 2 is 1.79 bits per heavy atom. The van der Waals surface area contributed by atoms with Crippen LogP contribution in [0.15, 0.2) is 18.2 Å². The van der Waals surface area contributed by atoms with Crippen molar-refractivity contribution in [1.29, 1.82) is 0 Å². The molecule has 9 heteroatoms. The zero-order valence-corrected chi connectivity index (χ0v) is 13.0. The Morgan fingerprint density at radius 1 is 1.17 bits per heavy atom. The van der Waals surface area contributed by atoms with Gasteiger partial charge in [-0.15, -0.1) is 0 Å². The molecule has 2 amide bonds. The van der Waals surface area contributed by atoms with Gasteiger partial charge in [-0.1, -0.05) is 18.2 Å². The first-order chi connectivity index (χ1) is 11.0. The van der Waals surface area contributed by atoms with Crippen LogP contribution in [0.25, 0.3) is 0 Å². The highest BCUT2D eigenvalue weighted by Gasteiger charge is 2.29. The first-order valence-electron chi connectivity index (χ1n) is 6.93. The largest absolute Gasteiger partial charge is 0.479 e. The van der Waals surface area contributed by atoms with E-state index in [4.69, 9.17) is 0 Å². The molecule has 1 aromatic carbocycles. The lowest BCUT2D eigenvalue weighted by atomic mass is 9.97. The number of halogens is 3. The minimum absolute atomic E-state index is 0.339. The number of hydrogen-bond donors (Lipinski definition) is 3. The molecule has 6 nitrogen and oxygen atoms in total. The SMILES string of the molecule is Cc1cccc(C(NC(=O)CC(=O)NCC(F)(F)F)C(=O)O)c1C. The molecule has 0 aliphatic rings. The number of nitrogens with one attached hydrogen (secondary N) is 2. The minimum Gasteiger partial charge on any atom is -0.479 e. The molecule has 24 heavy (non-hydrogen) atoms. The van der Waals surface area contributed by atoms with Crippen LogP contribution >= 0.6 is 0 Å². The lowest BCUT2D eigenvalue weighted by Crippen LogP contribution is -2.39. The van der Waals surface area contributed by atoms with Crippen molar-refractivity contribution >= 4 is 17.8 Å². The van der Waals surface area contributed by atoms with Gasteiger partial charge in [0.25, 0.3) is 0 Å². The number of aryl methyl sites for hydroxylation is 1. The van der Waals surface area contributed by atoms with Crippen LogP contribution in [0.3, 0.4) is 0 Å². The van der Waals surface area contributed by atoms with Crippen LogP contribution in [0, 0.1) is 13.8 Å². The first kappa shape index (κ1) is 19.5. The van der Waals surface area contributed by atoms with Crippen LogP contribution in [-0.4, -0.2) is 35.6 Å². The average molecular weight is 346 g/mol. The number of carbonyl (C=O) groups is 3. The van der Waals surface area contributed by atoms with E-state index in [0.29, 0.717) is 11.1 Å². The predicted octanol–water partition coefficient (Wildman–Crippen LogP) is 1.61. The van der Waals surface area contributed by atoms with Gasteiger partial charge in [0.1, 0.15) is 13.0 Å². The molecule has 132 valence electrons. The Labute approximate surface area is 136 Å². The molecule has 0 saturated heterocycles. The minimum atomic E-state index is -4.59. The van der Waals surface area contributed by atoms with E-state index in [9.17, 15) is 32.7 Å². The Kier molecular flexibility index (Phi) is 6.33. The fourth-order valence-corrected chi connectivity index (χ4v) is 1.98. The van der Waals surface area contributed by atoms with Gasteiger partial charge in [-0.3, -0.25) is 9.59 Å². The summed E-state index contributed by atoms with van der Waals surface area (Å²) in [6.07, 6.45) is -5.49. The maximum atomic E-state index is 12.0. The van der Waals surface area contributed by atoms with E-state index in [-0.39, 0.29) is 0 Å². The second-order valence-corrected chi connectivity index (χ2v) is 5.20. The Morgan fingerprint density at radius 3 is 2.33 bits per heavy atom. The number of amides is 2. The van der Waals surface area contributed by atoms with E-state index in [1.807, 2.05) is 0 Å². The van der Waals surface area contributed by atoms with Crippen molar-refractivity contribution in [3.8, 4) is 0 Å². The molecule has 0 aliphatic carbocycles. The zero-order chi connectivity index (χ0) is 18.5. The van der Waals surface area contributed by atoms with Gasteiger partial charge in [0.05, 0.1) is 0 Å². The maximum Gasteiger partial charge on any atom is 0.405 e. The fourth-order valence-electron chi connectivity index (χ4n) is 1.98. The normalized spacial score (nSPS) is 12.4. The van der Waals surface area contributed by atoms with Crippen molar-refractivity contribution in [3.63, 3.8) is 0 Å². The van der Waals surface area contributed by atoms with Gasteiger partial charge in [-0.2, -0.15) is 13.2 Å². The topological polar surface area (TPSA) is 95.5 Å². The average Bonchev–Trinajstić information content (AvgIpc) is 2.45. The molecule has 0 aliphatic heterocycles. The van der Waals surface area contributed by atoms with Crippen LogP contribution in [0.2, 0.25) is 0 Å². The van der Waals surface area contributed by atoms with Gasteiger partial charge in [-0.25, -0.2) is 4.79 Å². The molecular weight excluding hydrogens is 329 g/mol. The molecule has 0 spiro atoms. The third-order valence-corrected chi connectivity index (χ3v) is 3.32. The number of alkyl halides is 3. The highest BCUT2D eigenvalue weighted by Crippen LogP contribution is 2.21. The van der Waals surface area contributed by atoms with Crippen molar-refractivity contribution in [1.82, 2.24) is 10.6 Å². The van der Waals surface area contributed by atoms with Crippen molar-refractivity contribution < 1.29 is 32.7 Å². The van der Waals surface area contributed by atoms with Crippen molar-refractivity contribution in [2.75, 3.05) is 6.54 Å². The second-order valence-electron chi connectivity index (χ2n) is 5.20. The van der Waals surface area contributed by atoms with E-state index in [0.717, 1.165) is 5.56 Å². The molecule has 0 saturated carbocycles. The molecule has 3 N–H and O–H groups in total. The standard InChI is InChI=1S/C15H17F3N2O4/c1-8-4-3-5-10(9(8)2)13(14(23)24)20-12(22)6-11(21)19-7-15(16,17)18/h3-5,13H,6-7H2,1-2H3,(H,19,21)(H,20,22)(H,23,24). The summed E-state index contributed by atoms with van der Waals surface area (Å²) in [5, 5.41) is 13.0. The number of carbonyl (C=O) groups excluding carboxylic acids is 2. The van der Waals surface area contributed by atoms with Gasteiger partial charge in [0.15, 0.2) is 6.04 Å². The van der Waals surface area contributed by atoms with Crippen molar-refractivity contribution in [2.45, 2.75) is 32.5 Å². The Balaban J connectivity index is 2.76. The predicted molar refractivity (Wildman–Crippen MR) is 78.1 cm³/mol. The summed E-state index contributed by atoms with van der Waals surface area (Å²) in [5.41, 5.74) is 1.81. The number of rotatable bonds is 6. The Hall–Kier alpha value is -2.58. The summed E-state index contributed by atoms with van der Waals surface area (Å²) < 4.78 is 35.9. The molecule has 0 aromatic heterocycles. The van der Waals surface area contributed by atoms with E-state index in [1.54, 1.807) is 31.3 Å². The highest BCUT2D eigenvalue weighted by molar-refractivity contribution is 5.98. The van der Waals surface area contributed by atoms with E-state index >= 15 is 0 Å². The van der Waals surface area contributed by atoms with E-state index in [1.165, 1.54) is 6.07 Å². The molecule has 0 fully saturated rings. The summed E-state index contributed by atoms with van der Waals surface area (Å²) in [5.74, 6) is -3.47. The quantitative estimate of drug-likeness (QED) is 0.682. The fraction of sp³-hybridized carbons (Fsp3) is 0.400. The van der Waals surface area contributed by atoms with Gasteiger partial charge >= 0.3 is 12.1 Å². The third kappa shape index (κ3) is 5.90. The lowest BCUT2D eigenvalue weighted by molar-refractivity contribution is -0.144. The molecule has 0 bridgehead atoms. The number of hydrogen-bond acceptors (Lipinski definition) is 3. The molecule has 1 aromatic rings. The lowest BCUT2D eigenvalue weighted by Gasteiger charge is -2.18. The number of carboxylic acid groups (broad SMARTS) is 1. The smallest absolute Gasteiger partial charge is 0.405 e.